The summed E-state index contributed by atoms with van der Waals surface area (Å²) in [5.74, 6) is -0.890. The number of phenolic OH excluding ortho intramolecular Hbond substituents is 1. The van der Waals surface area contributed by atoms with Crippen molar-refractivity contribution in [3.63, 3.8) is 0 Å². The number of aromatic nitrogens is 2. The molecule has 3 N–H and O–H groups in total. The molecular formula is C9H6F3N3O. The fraction of sp³-hybridized carbons (Fsp3) is 0.111. The SMILES string of the molecule is Nc1nc(C(F)(F)F)c2cccc(O)c2n1. The number of para-hydroxylation sites is 1. The van der Waals surface area contributed by atoms with Crippen LogP contribution in [0.15, 0.2) is 18.2 Å². The van der Waals surface area contributed by atoms with Crippen LogP contribution in [0.1, 0.15) is 5.69 Å². The zero-order valence-electron chi connectivity index (χ0n) is 7.78. The van der Waals surface area contributed by atoms with Gasteiger partial charge in [0.05, 0.1) is 0 Å². The van der Waals surface area contributed by atoms with E-state index in [0.717, 1.165) is 0 Å². The Morgan fingerprint density at radius 3 is 2.50 bits per heavy atom. The van der Waals surface area contributed by atoms with Crippen molar-refractivity contribution in [3.05, 3.63) is 23.9 Å². The quantitative estimate of drug-likeness (QED) is 0.724. The molecule has 0 aliphatic carbocycles. The molecule has 2 aromatic rings. The van der Waals surface area contributed by atoms with E-state index in [2.05, 4.69) is 9.97 Å². The Morgan fingerprint density at radius 1 is 1.19 bits per heavy atom. The molecule has 0 atom stereocenters. The Morgan fingerprint density at radius 2 is 1.88 bits per heavy atom. The summed E-state index contributed by atoms with van der Waals surface area (Å²) in [6.07, 6.45) is -4.64. The summed E-state index contributed by atoms with van der Waals surface area (Å²) in [5.41, 5.74) is 3.80. The van der Waals surface area contributed by atoms with Crippen molar-refractivity contribution in [1.82, 2.24) is 9.97 Å². The van der Waals surface area contributed by atoms with Gasteiger partial charge in [0.15, 0.2) is 5.69 Å². The Balaban J connectivity index is 2.89. The van der Waals surface area contributed by atoms with Crippen LogP contribution < -0.4 is 5.73 Å². The number of nitrogens with zero attached hydrogens (tertiary/aromatic N) is 2. The molecule has 0 aliphatic rings. The summed E-state index contributed by atoms with van der Waals surface area (Å²) >= 11 is 0. The second-order valence-corrected chi connectivity index (χ2v) is 3.10. The van der Waals surface area contributed by atoms with Crippen LogP contribution in [0.25, 0.3) is 10.9 Å². The van der Waals surface area contributed by atoms with Crippen LogP contribution in [0.5, 0.6) is 5.75 Å². The Kier molecular flexibility index (Phi) is 2.11. The standard InChI is InChI=1S/C9H6F3N3O/c10-9(11,12)7-4-2-1-3-5(16)6(4)14-8(13)15-7/h1-3,16H,(H2,13,14,15). The highest BCUT2D eigenvalue weighted by Gasteiger charge is 2.35. The minimum atomic E-state index is -4.64. The number of rotatable bonds is 0. The first-order valence-corrected chi connectivity index (χ1v) is 4.22. The second kappa shape index (κ2) is 3.22. The van der Waals surface area contributed by atoms with Crippen molar-refractivity contribution in [3.8, 4) is 5.75 Å². The minimum absolute atomic E-state index is 0.206. The first-order chi connectivity index (χ1) is 7.39. The van der Waals surface area contributed by atoms with E-state index < -0.39 is 17.8 Å². The molecule has 0 unspecified atom stereocenters. The van der Waals surface area contributed by atoms with E-state index in [4.69, 9.17) is 5.73 Å². The van der Waals surface area contributed by atoms with Crippen molar-refractivity contribution >= 4 is 16.9 Å². The van der Waals surface area contributed by atoms with Crippen molar-refractivity contribution in [2.75, 3.05) is 5.73 Å². The summed E-state index contributed by atoms with van der Waals surface area (Å²) < 4.78 is 37.8. The van der Waals surface area contributed by atoms with Gasteiger partial charge in [0, 0.05) is 5.39 Å². The molecule has 2 rings (SSSR count). The molecule has 0 saturated heterocycles. The average Bonchev–Trinajstić information content (AvgIpc) is 2.17. The topological polar surface area (TPSA) is 72.0 Å². The Labute approximate surface area is 87.5 Å². The van der Waals surface area contributed by atoms with Gasteiger partial charge < -0.3 is 10.8 Å². The number of hydrogen-bond donors (Lipinski definition) is 2. The molecule has 0 saturated carbocycles. The first kappa shape index (κ1) is 10.5. The highest BCUT2D eigenvalue weighted by Crippen LogP contribution is 2.35. The molecule has 0 spiro atoms. The van der Waals surface area contributed by atoms with Crippen LogP contribution in [-0.4, -0.2) is 15.1 Å². The normalized spacial score (nSPS) is 11.9. The van der Waals surface area contributed by atoms with E-state index in [9.17, 15) is 18.3 Å². The lowest BCUT2D eigenvalue weighted by atomic mass is 10.1. The molecule has 0 bridgehead atoms. The number of aromatic hydroxyl groups is 1. The van der Waals surface area contributed by atoms with E-state index >= 15 is 0 Å². The Hall–Kier alpha value is -2.05. The minimum Gasteiger partial charge on any atom is -0.506 e. The zero-order valence-corrected chi connectivity index (χ0v) is 7.78. The van der Waals surface area contributed by atoms with E-state index in [-0.39, 0.29) is 16.7 Å². The van der Waals surface area contributed by atoms with Crippen LogP contribution in [0.3, 0.4) is 0 Å². The van der Waals surface area contributed by atoms with Crippen LogP contribution in [0, 0.1) is 0 Å². The van der Waals surface area contributed by atoms with Gasteiger partial charge >= 0.3 is 6.18 Å². The van der Waals surface area contributed by atoms with Gasteiger partial charge in [-0.2, -0.15) is 13.2 Å². The largest absolute Gasteiger partial charge is 0.506 e. The lowest BCUT2D eigenvalue weighted by molar-refractivity contribution is -0.139. The van der Waals surface area contributed by atoms with Gasteiger partial charge in [-0.3, -0.25) is 0 Å². The maximum Gasteiger partial charge on any atom is 0.434 e. The third-order valence-corrected chi connectivity index (χ3v) is 1.99. The monoisotopic (exact) mass is 229 g/mol. The van der Waals surface area contributed by atoms with Gasteiger partial charge in [-0.1, -0.05) is 12.1 Å². The van der Waals surface area contributed by atoms with E-state index in [0.29, 0.717) is 0 Å². The molecule has 1 aromatic heterocycles. The van der Waals surface area contributed by atoms with Crippen molar-refractivity contribution < 1.29 is 18.3 Å². The summed E-state index contributed by atoms with van der Waals surface area (Å²) in [5, 5.41) is 9.10. The summed E-state index contributed by atoms with van der Waals surface area (Å²) in [6.45, 7) is 0. The van der Waals surface area contributed by atoms with Crippen molar-refractivity contribution in [1.29, 1.82) is 0 Å². The summed E-state index contributed by atoms with van der Waals surface area (Å²) in [4.78, 5) is 6.71. The third-order valence-electron chi connectivity index (χ3n) is 1.99. The predicted octanol–water partition coefficient (Wildman–Crippen LogP) is 1.94. The number of nitrogens with two attached hydrogens (primary N) is 1. The molecule has 1 aromatic carbocycles. The summed E-state index contributed by atoms with van der Waals surface area (Å²) in [6, 6.07) is 3.69. The van der Waals surface area contributed by atoms with Crippen molar-refractivity contribution in [2.24, 2.45) is 0 Å². The van der Waals surface area contributed by atoms with Gasteiger partial charge in [-0.05, 0) is 6.07 Å². The van der Waals surface area contributed by atoms with E-state index in [1.807, 2.05) is 0 Å². The first-order valence-electron chi connectivity index (χ1n) is 4.22. The maximum absolute atomic E-state index is 12.6. The van der Waals surface area contributed by atoms with E-state index in [1.165, 1.54) is 18.2 Å². The Bertz CT molecular complexity index is 553. The highest BCUT2D eigenvalue weighted by molar-refractivity contribution is 5.87. The van der Waals surface area contributed by atoms with Crippen LogP contribution >= 0.6 is 0 Å². The number of nitrogen functional groups attached to an aromatic ring is 1. The predicted molar refractivity (Wildman–Crippen MR) is 50.6 cm³/mol. The van der Waals surface area contributed by atoms with Gasteiger partial charge in [0.2, 0.25) is 5.95 Å². The number of halogens is 3. The lowest BCUT2D eigenvalue weighted by Crippen LogP contribution is -2.11. The van der Waals surface area contributed by atoms with E-state index in [1.54, 1.807) is 0 Å². The molecule has 4 nitrogen and oxygen atoms in total. The fourth-order valence-corrected chi connectivity index (χ4v) is 1.37. The number of phenols is 1. The number of alkyl halides is 3. The molecule has 1 heterocycles. The van der Waals surface area contributed by atoms with Gasteiger partial charge in [-0.15, -0.1) is 0 Å². The average molecular weight is 229 g/mol. The van der Waals surface area contributed by atoms with Gasteiger partial charge in [0.25, 0.3) is 0 Å². The lowest BCUT2D eigenvalue weighted by Gasteiger charge is -2.10. The number of benzene rings is 1. The number of fused-ring (bicyclic) bond motifs is 1. The molecular weight excluding hydrogens is 223 g/mol. The number of hydrogen-bond acceptors (Lipinski definition) is 4. The van der Waals surface area contributed by atoms with Gasteiger partial charge in [0.1, 0.15) is 11.3 Å². The van der Waals surface area contributed by atoms with Crippen LogP contribution in [0.2, 0.25) is 0 Å². The maximum atomic E-state index is 12.6. The van der Waals surface area contributed by atoms with Crippen LogP contribution in [0.4, 0.5) is 19.1 Å². The second-order valence-electron chi connectivity index (χ2n) is 3.10. The summed E-state index contributed by atoms with van der Waals surface area (Å²) in [7, 11) is 0. The molecule has 0 fully saturated rings. The molecule has 7 heteroatoms. The molecule has 0 radical (unpaired) electrons. The number of anilines is 1. The molecule has 0 aliphatic heterocycles. The smallest absolute Gasteiger partial charge is 0.434 e. The van der Waals surface area contributed by atoms with Crippen LogP contribution in [-0.2, 0) is 6.18 Å². The molecule has 16 heavy (non-hydrogen) atoms. The molecule has 0 amide bonds. The highest BCUT2D eigenvalue weighted by atomic mass is 19.4. The molecule has 84 valence electrons. The third kappa shape index (κ3) is 1.60. The fourth-order valence-electron chi connectivity index (χ4n) is 1.37. The van der Waals surface area contributed by atoms with Crippen molar-refractivity contribution in [2.45, 2.75) is 6.18 Å². The van der Waals surface area contributed by atoms with Gasteiger partial charge in [-0.25, -0.2) is 9.97 Å². The zero-order chi connectivity index (χ0) is 11.9.